The van der Waals surface area contributed by atoms with E-state index in [0.29, 0.717) is 0 Å². The Hall–Kier alpha value is -8.72. The van der Waals surface area contributed by atoms with Crippen LogP contribution in [0.4, 0.5) is 17.1 Å². The van der Waals surface area contributed by atoms with Crippen molar-refractivity contribution in [2.75, 3.05) is 4.90 Å². The average molecular weight is 841 g/mol. The van der Waals surface area contributed by atoms with Crippen molar-refractivity contribution >= 4 is 49.6 Å². The van der Waals surface area contributed by atoms with Crippen molar-refractivity contribution in [1.82, 2.24) is 4.57 Å². The van der Waals surface area contributed by atoms with E-state index >= 15 is 0 Å². The average Bonchev–Trinajstić information content (AvgIpc) is 3.73. The van der Waals surface area contributed by atoms with Gasteiger partial charge in [0, 0.05) is 33.5 Å². The molecule has 0 radical (unpaired) electrons. The Bertz CT molecular complexity index is 3610. The van der Waals surface area contributed by atoms with Crippen LogP contribution in [0.2, 0.25) is 0 Å². The number of aromatic nitrogens is 1. The summed E-state index contributed by atoms with van der Waals surface area (Å²) in [5.74, 6) is 0. The summed E-state index contributed by atoms with van der Waals surface area (Å²) in [6, 6.07) is 96.9. The summed E-state index contributed by atoms with van der Waals surface area (Å²) in [5.41, 5.74) is 18.6. The van der Waals surface area contributed by atoms with E-state index in [0.717, 1.165) is 22.7 Å². The number of nitrogens with zero attached hydrogens (tertiary/aromatic N) is 2. The first-order chi connectivity index (χ1) is 32.7. The zero-order valence-electron chi connectivity index (χ0n) is 36.3. The first-order valence-corrected chi connectivity index (χ1v) is 22.7. The SMILES string of the molecule is c1ccc(-c2cc(-c3ccccc3)cc(N(c3ccc(-c4cccc(-c5ccc6ccccc6c5)c4)cc3)c3ccc(-c4ccc5c(c4)c4ccccc4n5-c4ccccc4)cc3)c2)cc1. The lowest BCUT2D eigenvalue weighted by Gasteiger charge is -2.27. The van der Waals surface area contributed by atoms with Gasteiger partial charge in [0.25, 0.3) is 0 Å². The number of rotatable bonds is 9. The fourth-order valence-corrected chi connectivity index (χ4v) is 9.64. The van der Waals surface area contributed by atoms with Gasteiger partial charge in [0.15, 0.2) is 0 Å². The molecule has 0 N–H and O–H groups in total. The second kappa shape index (κ2) is 16.8. The van der Waals surface area contributed by atoms with Gasteiger partial charge in [-0.15, -0.1) is 0 Å². The van der Waals surface area contributed by atoms with Crippen LogP contribution in [-0.4, -0.2) is 4.57 Å². The first-order valence-electron chi connectivity index (χ1n) is 22.7. The molecular formula is C64H44N2. The molecule has 0 saturated carbocycles. The Balaban J connectivity index is 0.958. The third-order valence-corrected chi connectivity index (χ3v) is 12.9. The normalized spacial score (nSPS) is 11.3. The molecule has 66 heavy (non-hydrogen) atoms. The van der Waals surface area contributed by atoms with Gasteiger partial charge in [0.2, 0.25) is 0 Å². The van der Waals surface area contributed by atoms with Crippen LogP contribution in [0.5, 0.6) is 0 Å². The molecule has 12 rings (SSSR count). The van der Waals surface area contributed by atoms with Gasteiger partial charge in [0.05, 0.1) is 11.0 Å². The third-order valence-electron chi connectivity index (χ3n) is 12.9. The number of para-hydroxylation sites is 2. The maximum atomic E-state index is 2.40. The highest BCUT2D eigenvalue weighted by Gasteiger charge is 2.18. The van der Waals surface area contributed by atoms with Crippen LogP contribution in [0, 0.1) is 0 Å². The van der Waals surface area contributed by atoms with Crippen LogP contribution in [0.25, 0.3) is 93.9 Å². The summed E-state index contributed by atoms with van der Waals surface area (Å²) in [7, 11) is 0. The molecule has 0 aliphatic carbocycles. The van der Waals surface area contributed by atoms with Crippen molar-refractivity contribution in [3.63, 3.8) is 0 Å². The second-order valence-electron chi connectivity index (χ2n) is 17.0. The number of hydrogen-bond donors (Lipinski definition) is 0. The van der Waals surface area contributed by atoms with E-state index in [-0.39, 0.29) is 0 Å². The van der Waals surface area contributed by atoms with E-state index in [2.05, 4.69) is 276 Å². The van der Waals surface area contributed by atoms with Gasteiger partial charge >= 0.3 is 0 Å². The summed E-state index contributed by atoms with van der Waals surface area (Å²) in [4.78, 5) is 2.40. The molecule has 2 heteroatoms. The largest absolute Gasteiger partial charge is 0.310 e. The minimum Gasteiger partial charge on any atom is -0.310 e. The van der Waals surface area contributed by atoms with E-state index in [4.69, 9.17) is 0 Å². The lowest BCUT2D eigenvalue weighted by Crippen LogP contribution is -2.10. The molecule has 2 nitrogen and oxygen atoms in total. The van der Waals surface area contributed by atoms with Gasteiger partial charge in [-0.1, -0.05) is 182 Å². The van der Waals surface area contributed by atoms with Crippen molar-refractivity contribution in [1.29, 1.82) is 0 Å². The molecule has 0 bridgehead atoms. The lowest BCUT2D eigenvalue weighted by atomic mass is 9.96. The van der Waals surface area contributed by atoms with Crippen LogP contribution < -0.4 is 4.90 Å². The standard InChI is InChI=1S/C64H44N2/c1-4-15-45(16-5-1)55-41-56(46-17-6-2-7-18-46)43-60(42-55)65(58-34-29-48(30-35-58)51-21-14-22-52(39-51)53-28-27-47-19-10-11-20-50(47)40-53)59-36-31-49(32-37-59)54-33-38-64-62(44-54)61-25-12-13-26-63(61)66(64)57-23-8-3-9-24-57/h1-44H. The monoisotopic (exact) mass is 840 g/mol. The molecule has 1 heterocycles. The molecular weight excluding hydrogens is 797 g/mol. The highest BCUT2D eigenvalue weighted by atomic mass is 15.1. The van der Waals surface area contributed by atoms with Crippen LogP contribution in [0.3, 0.4) is 0 Å². The Morgan fingerprint density at radius 3 is 1.32 bits per heavy atom. The molecule has 0 spiro atoms. The van der Waals surface area contributed by atoms with E-state index in [1.54, 1.807) is 0 Å². The van der Waals surface area contributed by atoms with E-state index in [9.17, 15) is 0 Å². The number of anilines is 3. The molecule has 12 aromatic rings. The molecule has 0 amide bonds. The zero-order valence-corrected chi connectivity index (χ0v) is 36.3. The second-order valence-corrected chi connectivity index (χ2v) is 17.0. The third kappa shape index (κ3) is 7.31. The van der Waals surface area contributed by atoms with Crippen LogP contribution >= 0.6 is 0 Å². The summed E-state index contributed by atoms with van der Waals surface area (Å²) in [6.45, 7) is 0. The Labute approximate surface area is 385 Å². The Kier molecular flexibility index (Phi) is 9.89. The van der Waals surface area contributed by atoms with Crippen molar-refractivity contribution < 1.29 is 0 Å². The van der Waals surface area contributed by atoms with Crippen LogP contribution in [-0.2, 0) is 0 Å². The van der Waals surface area contributed by atoms with Crippen LogP contribution in [0.1, 0.15) is 0 Å². The highest BCUT2D eigenvalue weighted by molar-refractivity contribution is 6.10. The highest BCUT2D eigenvalue weighted by Crippen LogP contribution is 2.42. The minimum absolute atomic E-state index is 1.08. The van der Waals surface area contributed by atoms with Gasteiger partial charge in [-0.3, -0.25) is 0 Å². The van der Waals surface area contributed by atoms with Gasteiger partial charge in [-0.05, 0) is 151 Å². The molecule has 0 saturated heterocycles. The van der Waals surface area contributed by atoms with E-state index in [1.165, 1.54) is 88.2 Å². The van der Waals surface area contributed by atoms with E-state index in [1.807, 2.05) is 0 Å². The van der Waals surface area contributed by atoms with Gasteiger partial charge in [-0.2, -0.15) is 0 Å². The number of benzene rings is 11. The predicted octanol–water partition coefficient (Wildman–Crippen LogP) is 17.7. The minimum atomic E-state index is 1.08. The summed E-state index contributed by atoms with van der Waals surface area (Å²) >= 11 is 0. The molecule has 0 atom stereocenters. The van der Waals surface area contributed by atoms with Crippen molar-refractivity contribution in [2.45, 2.75) is 0 Å². The van der Waals surface area contributed by atoms with Crippen molar-refractivity contribution in [3.8, 4) is 61.3 Å². The van der Waals surface area contributed by atoms with Gasteiger partial charge < -0.3 is 9.47 Å². The maximum absolute atomic E-state index is 2.40. The molecule has 11 aromatic carbocycles. The molecule has 1 aromatic heterocycles. The molecule has 0 fully saturated rings. The maximum Gasteiger partial charge on any atom is 0.0541 e. The number of fused-ring (bicyclic) bond motifs is 4. The summed E-state index contributed by atoms with van der Waals surface area (Å²) in [6.07, 6.45) is 0. The first kappa shape index (κ1) is 38.9. The fraction of sp³-hybridized carbons (Fsp3) is 0. The quantitative estimate of drug-likeness (QED) is 0.141. The Morgan fingerprint density at radius 1 is 0.227 bits per heavy atom. The molecule has 310 valence electrons. The topological polar surface area (TPSA) is 8.17 Å². The lowest BCUT2D eigenvalue weighted by molar-refractivity contribution is 1.18. The van der Waals surface area contributed by atoms with Crippen molar-refractivity contribution in [2.24, 2.45) is 0 Å². The number of hydrogen-bond acceptors (Lipinski definition) is 1. The molecule has 0 aliphatic heterocycles. The van der Waals surface area contributed by atoms with Crippen LogP contribution in [0.15, 0.2) is 267 Å². The van der Waals surface area contributed by atoms with Gasteiger partial charge in [0.1, 0.15) is 0 Å². The zero-order chi connectivity index (χ0) is 43.8. The molecule has 0 aliphatic rings. The predicted molar refractivity (Wildman–Crippen MR) is 280 cm³/mol. The summed E-state index contributed by atoms with van der Waals surface area (Å²) < 4.78 is 2.37. The fourth-order valence-electron chi connectivity index (χ4n) is 9.64. The summed E-state index contributed by atoms with van der Waals surface area (Å²) in [5, 5.41) is 4.99. The van der Waals surface area contributed by atoms with Gasteiger partial charge in [-0.25, -0.2) is 0 Å². The van der Waals surface area contributed by atoms with Crippen molar-refractivity contribution in [3.05, 3.63) is 267 Å². The smallest absolute Gasteiger partial charge is 0.0541 e. The molecule has 0 unspecified atom stereocenters. The van der Waals surface area contributed by atoms with E-state index < -0.39 is 0 Å². The Morgan fingerprint density at radius 2 is 0.667 bits per heavy atom.